The van der Waals surface area contributed by atoms with Crippen molar-refractivity contribution in [2.75, 3.05) is 30.9 Å². The summed E-state index contributed by atoms with van der Waals surface area (Å²) in [5.74, 6) is -1.94. The molecule has 1 N–H and O–H groups in total. The van der Waals surface area contributed by atoms with Gasteiger partial charge >= 0.3 is 5.97 Å². The lowest BCUT2D eigenvalue weighted by Gasteiger charge is -2.23. The Morgan fingerprint density at radius 3 is 2.41 bits per heavy atom. The Morgan fingerprint density at radius 1 is 1.09 bits per heavy atom. The van der Waals surface area contributed by atoms with Crippen molar-refractivity contribution in [3.63, 3.8) is 0 Å². The molecule has 6 nitrogen and oxygen atoms in total. The van der Waals surface area contributed by atoms with Gasteiger partial charge in [0, 0.05) is 32.0 Å². The van der Waals surface area contributed by atoms with Crippen molar-refractivity contribution in [3.8, 4) is 0 Å². The van der Waals surface area contributed by atoms with E-state index >= 15 is 0 Å². The first-order chi connectivity index (χ1) is 16.2. The first-order valence-electron chi connectivity index (χ1n) is 10.9. The fraction of sp³-hybridized carbons (Fsp3) is 0.231. The van der Waals surface area contributed by atoms with Crippen molar-refractivity contribution in [1.29, 1.82) is 0 Å². The van der Waals surface area contributed by atoms with Gasteiger partial charge in [0.05, 0.1) is 23.3 Å². The van der Waals surface area contributed by atoms with Gasteiger partial charge in [0.1, 0.15) is 23.9 Å². The summed E-state index contributed by atoms with van der Waals surface area (Å²) in [5, 5.41) is 3.61. The van der Waals surface area contributed by atoms with Crippen molar-refractivity contribution in [3.05, 3.63) is 76.0 Å². The maximum Gasteiger partial charge on any atom is 0.325 e. The van der Waals surface area contributed by atoms with E-state index in [0.717, 1.165) is 23.4 Å². The molecule has 0 radical (unpaired) electrons. The third-order valence-corrected chi connectivity index (χ3v) is 5.67. The van der Waals surface area contributed by atoms with E-state index < -0.39 is 17.6 Å². The van der Waals surface area contributed by atoms with Gasteiger partial charge in [0.25, 0.3) is 0 Å². The quantitative estimate of drug-likeness (QED) is 0.306. The second-order valence-corrected chi connectivity index (χ2v) is 8.20. The molecule has 0 aliphatic rings. The van der Waals surface area contributed by atoms with Gasteiger partial charge in [-0.25, -0.2) is 8.78 Å². The average molecular weight is 468 g/mol. The molecule has 0 saturated carbocycles. The van der Waals surface area contributed by atoms with Gasteiger partial charge in [-0.1, -0.05) is 12.1 Å². The van der Waals surface area contributed by atoms with Gasteiger partial charge in [-0.3, -0.25) is 9.59 Å². The molecule has 0 amide bonds. The number of aryl methyl sites for hydroxylation is 1. The highest BCUT2D eigenvalue weighted by Crippen LogP contribution is 2.32. The van der Waals surface area contributed by atoms with Crippen LogP contribution in [0.2, 0.25) is 0 Å². The summed E-state index contributed by atoms with van der Waals surface area (Å²) in [7, 11) is 3.73. The van der Waals surface area contributed by atoms with Crippen molar-refractivity contribution >= 4 is 44.8 Å². The highest BCUT2D eigenvalue weighted by Gasteiger charge is 2.20. The number of anilines is 3. The van der Waals surface area contributed by atoms with E-state index in [1.165, 1.54) is 6.07 Å². The molecule has 3 aromatic carbocycles. The minimum Gasteiger partial charge on any atom is -0.465 e. The van der Waals surface area contributed by atoms with E-state index in [1.807, 2.05) is 32.0 Å². The van der Waals surface area contributed by atoms with Gasteiger partial charge in [-0.15, -0.1) is 0 Å². The number of carbonyl (C=O) groups excluding carboxylic acids is 1. The fourth-order valence-corrected chi connectivity index (χ4v) is 4.25. The summed E-state index contributed by atoms with van der Waals surface area (Å²) >= 11 is 0. The number of aromatic nitrogens is 1. The van der Waals surface area contributed by atoms with Crippen LogP contribution in [0.15, 0.2) is 53.3 Å². The van der Waals surface area contributed by atoms with E-state index in [9.17, 15) is 18.4 Å². The molecule has 4 rings (SSSR count). The van der Waals surface area contributed by atoms with Crippen molar-refractivity contribution < 1.29 is 19.7 Å². The molecule has 1 aromatic heterocycles. The molecular formula is C26H27F2N3O3. The number of hydrogen-bond donors (Lipinski definition) is 1. The van der Waals surface area contributed by atoms with Crippen LogP contribution >= 0.6 is 0 Å². The molecule has 0 saturated heterocycles. The lowest BCUT2D eigenvalue weighted by molar-refractivity contribution is -0.143. The Morgan fingerprint density at radius 2 is 1.76 bits per heavy atom. The smallest absolute Gasteiger partial charge is 0.325 e. The monoisotopic (exact) mass is 467 g/mol. The SMILES string of the molecule is CCOC(=O)Cn1c2cc(Nc3c(F)cccc3F)ccc2c(=O)c2ccc(C)c(N(C)C)c21.[HH]. The summed E-state index contributed by atoms with van der Waals surface area (Å²) in [6, 6.07) is 12.0. The lowest BCUT2D eigenvalue weighted by atomic mass is 10.0. The number of nitrogens with zero attached hydrogens (tertiary/aromatic N) is 2. The Kier molecular flexibility index (Phi) is 6.24. The zero-order chi connectivity index (χ0) is 24.6. The maximum atomic E-state index is 14.2. The lowest BCUT2D eigenvalue weighted by Crippen LogP contribution is -2.21. The van der Waals surface area contributed by atoms with Crippen LogP contribution in [0.4, 0.5) is 25.8 Å². The molecule has 4 aromatic rings. The molecule has 34 heavy (non-hydrogen) atoms. The molecule has 0 spiro atoms. The number of carbonyl (C=O) groups is 1. The summed E-state index contributed by atoms with van der Waals surface area (Å²) in [6.07, 6.45) is 0. The van der Waals surface area contributed by atoms with Crippen LogP contribution in [0.25, 0.3) is 21.8 Å². The van der Waals surface area contributed by atoms with Crippen molar-refractivity contribution in [2.24, 2.45) is 0 Å². The molecule has 0 atom stereocenters. The first kappa shape index (κ1) is 23.2. The van der Waals surface area contributed by atoms with Crippen LogP contribution in [-0.4, -0.2) is 31.2 Å². The average Bonchev–Trinajstić information content (AvgIpc) is 2.78. The number of benzene rings is 3. The Balaban J connectivity index is 0.00000342. The Bertz CT molecular complexity index is 1460. The normalized spacial score (nSPS) is 11.1. The Labute approximate surface area is 196 Å². The van der Waals surface area contributed by atoms with Gasteiger partial charge in [0.2, 0.25) is 0 Å². The molecule has 8 heteroatoms. The van der Waals surface area contributed by atoms with Crippen LogP contribution in [0, 0.1) is 18.6 Å². The number of esters is 1. The number of fused-ring (bicyclic) bond motifs is 2. The number of nitrogens with one attached hydrogen (secondary N) is 1. The predicted octanol–water partition coefficient (Wildman–Crippen LogP) is 5.36. The zero-order valence-electron chi connectivity index (χ0n) is 19.4. The molecule has 1 heterocycles. The minimum absolute atomic E-state index is 0. The third kappa shape index (κ3) is 4.07. The van der Waals surface area contributed by atoms with Gasteiger partial charge in [-0.2, -0.15) is 0 Å². The van der Waals surface area contributed by atoms with Gasteiger partial charge in [-0.05, 0) is 55.8 Å². The fourth-order valence-electron chi connectivity index (χ4n) is 4.25. The van der Waals surface area contributed by atoms with Crippen LogP contribution in [0.3, 0.4) is 0 Å². The Hall–Kier alpha value is -3.94. The maximum absolute atomic E-state index is 14.2. The molecule has 0 bridgehead atoms. The molecule has 0 aliphatic carbocycles. The van der Waals surface area contributed by atoms with Crippen LogP contribution < -0.4 is 15.6 Å². The van der Waals surface area contributed by atoms with Gasteiger partial charge < -0.3 is 19.5 Å². The number of para-hydroxylation sites is 1. The number of rotatable bonds is 6. The molecule has 0 unspecified atom stereocenters. The van der Waals surface area contributed by atoms with Crippen LogP contribution in [0.1, 0.15) is 13.9 Å². The number of pyridine rings is 1. The van der Waals surface area contributed by atoms with Crippen LogP contribution in [0.5, 0.6) is 0 Å². The third-order valence-electron chi connectivity index (χ3n) is 5.67. The zero-order valence-corrected chi connectivity index (χ0v) is 19.4. The highest BCUT2D eigenvalue weighted by molar-refractivity contribution is 6.02. The predicted molar refractivity (Wildman–Crippen MR) is 133 cm³/mol. The highest BCUT2D eigenvalue weighted by atomic mass is 19.1. The molecular weight excluding hydrogens is 440 g/mol. The summed E-state index contributed by atoms with van der Waals surface area (Å²) in [6.45, 7) is 3.73. The van der Waals surface area contributed by atoms with E-state index in [1.54, 1.807) is 35.8 Å². The van der Waals surface area contributed by atoms with E-state index in [-0.39, 0.29) is 25.7 Å². The second kappa shape index (κ2) is 9.13. The molecule has 0 aliphatic heterocycles. The summed E-state index contributed by atoms with van der Waals surface area (Å²) in [4.78, 5) is 27.9. The standard InChI is InChI=1S/C26H25F2N3O3.H2/c1-5-34-22(32)14-31-21-13-16(29-23-19(27)7-6-8-20(23)28)10-12-17(21)26(33)18-11-9-15(2)24(25(18)31)30(3)4;/h6-13,29H,5,14H2,1-4H3;1H. The van der Waals surface area contributed by atoms with Crippen molar-refractivity contribution in [1.82, 2.24) is 4.57 Å². The largest absolute Gasteiger partial charge is 0.465 e. The summed E-state index contributed by atoms with van der Waals surface area (Å²) in [5.41, 5.74) is 2.62. The summed E-state index contributed by atoms with van der Waals surface area (Å²) < 4.78 is 35.4. The van der Waals surface area contributed by atoms with Crippen molar-refractivity contribution in [2.45, 2.75) is 20.4 Å². The second-order valence-electron chi connectivity index (χ2n) is 8.20. The van der Waals surface area contributed by atoms with Crippen LogP contribution in [-0.2, 0) is 16.1 Å². The van der Waals surface area contributed by atoms with E-state index in [0.29, 0.717) is 27.5 Å². The van der Waals surface area contributed by atoms with E-state index in [2.05, 4.69) is 5.32 Å². The molecule has 178 valence electrons. The minimum atomic E-state index is -0.743. The topological polar surface area (TPSA) is 63.6 Å². The molecule has 0 fully saturated rings. The van der Waals surface area contributed by atoms with E-state index in [4.69, 9.17) is 4.74 Å². The van der Waals surface area contributed by atoms with Gasteiger partial charge in [0.15, 0.2) is 5.43 Å². The number of hydrogen-bond acceptors (Lipinski definition) is 5. The number of halogens is 2. The first-order valence-corrected chi connectivity index (χ1v) is 10.9. The number of ether oxygens (including phenoxy) is 1.